The summed E-state index contributed by atoms with van der Waals surface area (Å²) in [7, 11) is 0. The van der Waals surface area contributed by atoms with Crippen molar-refractivity contribution in [3.05, 3.63) is 32.7 Å². The van der Waals surface area contributed by atoms with Crippen LogP contribution < -0.4 is 11.1 Å². The minimum absolute atomic E-state index is 0.0540. The predicted molar refractivity (Wildman–Crippen MR) is 84.1 cm³/mol. The van der Waals surface area contributed by atoms with Crippen molar-refractivity contribution in [2.24, 2.45) is 11.7 Å². The van der Waals surface area contributed by atoms with E-state index in [0.717, 1.165) is 8.95 Å². The third-order valence-electron chi connectivity index (χ3n) is 3.72. The molecule has 0 bridgehead atoms. The number of amides is 1. The van der Waals surface area contributed by atoms with Gasteiger partial charge >= 0.3 is 0 Å². The van der Waals surface area contributed by atoms with Gasteiger partial charge in [-0.2, -0.15) is 0 Å². The summed E-state index contributed by atoms with van der Waals surface area (Å²) in [5, 5.41) is 3.08. The number of hydrogen-bond donors (Lipinski definition) is 2. The molecule has 0 saturated heterocycles. The van der Waals surface area contributed by atoms with Gasteiger partial charge in [-0.15, -0.1) is 0 Å². The van der Waals surface area contributed by atoms with Crippen molar-refractivity contribution in [3.63, 3.8) is 0 Å². The van der Waals surface area contributed by atoms with Crippen LogP contribution in [0.25, 0.3) is 0 Å². The van der Waals surface area contributed by atoms with E-state index in [1.165, 1.54) is 25.7 Å². The standard InChI is InChI=1S/C14H18Br2N2O/c15-10-5-6-11(12(16)7-10)14(19)18-13(8-17)9-3-1-2-4-9/h5-7,9,13H,1-4,8,17H2,(H,18,19). The number of carbonyl (C=O) groups is 1. The molecule has 1 atom stereocenters. The zero-order valence-corrected chi connectivity index (χ0v) is 13.8. The lowest BCUT2D eigenvalue weighted by Gasteiger charge is -2.23. The summed E-state index contributed by atoms with van der Waals surface area (Å²) in [4.78, 5) is 12.3. The second kappa shape index (κ2) is 6.86. The average molecular weight is 390 g/mol. The topological polar surface area (TPSA) is 55.1 Å². The smallest absolute Gasteiger partial charge is 0.252 e. The van der Waals surface area contributed by atoms with Gasteiger partial charge in [-0.05, 0) is 52.9 Å². The molecule has 0 aliphatic heterocycles. The van der Waals surface area contributed by atoms with E-state index in [0.29, 0.717) is 18.0 Å². The maximum Gasteiger partial charge on any atom is 0.252 e. The fourth-order valence-electron chi connectivity index (χ4n) is 2.65. The summed E-state index contributed by atoms with van der Waals surface area (Å²) in [6, 6.07) is 5.64. The van der Waals surface area contributed by atoms with Crippen molar-refractivity contribution in [2.45, 2.75) is 31.7 Å². The molecule has 19 heavy (non-hydrogen) atoms. The molecule has 3 N–H and O–H groups in total. The quantitative estimate of drug-likeness (QED) is 0.828. The summed E-state index contributed by atoms with van der Waals surface area (Å²) in [5.41, 5.74) is 6.46. The molecule has 2 rings (SSSR count). The highest BCUT2D eigenvalue weighted by atomic mass is 79.9. The lowest BCUT2D eigenvalue weighted by atomic mass is 9.98. The first kappa shape index (κ1) is 15.0. The van der Waals surface area contributed by atoms with Gasteiger partial charge < -0.3 is 11.1 Å². The number of halogens is 2. The van der Waals surface area contributed by atoms with Gasteiger partial charge in [0.05, 0.1) is 5.56 Å². The molecule has 5 heteroatoms. The van der Waals surface area contributed by atoms with E-state index in [1.807, 2.05) is 18.2 Å². The Morgan fingerprint density at radius 3 is 2.63 bits per heavy atom. The van der Waals surface area contributed by atoms with Crippen LogP contribution >= 0.6 is 31.9 Å². The summed E-state index contributed by atoms with van der Waals surface area (Å²) in [5.74, 6) is 0.477. The van der Waals surface area contributed by atoms with Crippen LogP contribution in [0.3, 0.4) is 0 Å². The van der Waals surface area contributed by atoms with Gasteiger partial charge in [0, 0.05) is 21.5 Å². The van der Waals surface area contributed by atoms with Crippen LogP contribution in [-0.4, -0.2) is 18.5 Å². The van der Waals surface area contributed by atoms with Crippen LogP contribution in [0, 0.1) is 5.92 Å². The van der Waals surface area contributed by atoms with E-state index in [9.17, 15) is 4.79 Å². The van der Waals surface area contributed by atoms with Crippen molar-refractivity contribution in [2.75, 3.05) is 6.54 Å². The molecule has 1 saturated carbocycles. The van der Waals surface area contributed by atoms with E-state index in [1.54, 1.807) is 0 Å². The van der Waals surface area contributed by atoms with E-state index in [4.69, 9.17) is 5.73 Å². The van der Waals surface area contributed by atoms with Crippen molar-refractivity contribution >= 4 is 37.8 Å². The van der Waals surface area contributed by atoms with E-state index in [-0.39, 0.29) is 11.9 Å². The molecule has 1 unspecified atom stereocenters. The van der Waals surface area contributed by atoms with Crippen LogP contribution in [0.2, 0.25) is 0 Å². The van der Waals surface area contributed by atoms with Crippen LogP contribution in [0.1, 0.15) is 36.0 Å². The Balaban J connectivity index is 2.06. The van der Waals surface area contributed by atoms with Gasteiger partial charge in [0.25, 0.3) is 5.91 Å². The molecule has 0 heterocycles. The number of nitrogens with two attached hydrogens (primary N) is 1. The Bertz CT molecular complexity index is 459. The summed E-state index contributed by atoms with van der Waals surface area (Å²) < 4.78 is 1.74. The third kappa shape index (κ3) is 3.80. The SMILES string of the molecule is NCC(NC(=O)c1ccc(Br)cc1Br)C1CCCC1. The molecule has 0 spiro atoms. The Labute approximate surface area is 130 Å². The number of nitrogens with one attached hydrogen (secondary N) is 1. The minimum atomic E-state index is -0.0540. The summed E-state index contributed by atoms with van der Waals surface area (Å²) >= 11 is 6.80. The lowest BCUT2D eigenvalue weighted by molar-refractivity contribution is 0.0923. The molecule has 0 radical (unpaired) electrons. The predicted octanol–water partition coefficient (Wildman–Crippen LogP) is 3.46. The van der Waals surface area contributed by atoms with Crippen LogP contribution in [-0.2, 0) is 0 Å². The second-order valence-electron chi connectivity index (χ2n) is 4.98. The monoisotopic (exact) mass is 388 g/mol. The fraction of sp³-hybridized carbons (Fsp3) is 0.500. The molecular weight excluding hydrogens is 372 g/mol. The van der Waals surface area contributed by atoms with E-state index < -0.39 is 0 Å². The number of hydrogen-bond acceptors (Lipinski definition) is 2. The van der Waals surface area contributed by atoms with Crippen molar-refractivity contribution in [1.29, 1.82) is 0 Å². The van der Waals surface area contributed by atoms with E-state index >= 15 is 0 Å². The molecule has 1 aromatic carbocycles. The first-order valence-electron chi connectivity index (χ1n) is 6.58. The van der Waals surface area contributed by atoms with Gasteiger partial charge in [0.2, 0.25) is 0 Å². The average Bonchev–Trinajstić information content (AvgIpc) is 2.89. The van der Waals surface area contributed by atoms with Gasteiger partial charge in [0.1, 0.15) is 0 Å². The molecule has 1 fully saturated rings. The Hall–Kier alpha value is -0.390. The largest absolute Gasteiger partial charge is 0.348 e. The second-order valence-corrected chi connectivity index (χ2v) is 6.75. The zero-order chi connectivity index (χ0) is 13.8. The summed E-state index contributed by atoms with van der Waals surface area (Å²) in [6.07, 6.45) is 4.84. The number of benzene rings is 1. The fourth-order valence-corrected chi connectivity index (χ4v) is 3.88. The van der Waals surface area contributed by atoms with Crippen molar-refractivity contribution in [3.8, 4) is 0 Å². The maximum absolute atomic E-state index is 12.3. The van der Waals surface area contributed by atoms with E-state index in [2.05, 4.69) is 37.2 Å². The Kier molecular flexibility index (Phi) is 5.42. The van der Waals surface area contributed by atoms with Gasteiger partial charge in [-0.1, -0.05) is 28.8 Å². The molecule has 0 aromatic heterocycles. The molecule has 1 aliphatic rings. The first-order valence-corrected chi connectivity index (χ1v) is 8.16. The van der Waals surface area contributed by atoms with Crippen LogP contribution in [0.5, 0.6) is 0 Å². The lowest BCUT2D eigenvalue weighted by Crippen LogP contribution is -2.44. The molecule has 1 amide bonds. The van der Waals surface area contributed by atoms with Gasteiger partial charge in [0.15, 0.2) is 0 Å². The molecule has 104 valence electrons. The van der Waals surface area contributed by atoms with Crippen molar-refractivity contribution < 1.29 is 4.79 Å². The minimum Gasteiger partial charge on any atom is -0.348 e. The normalized spacial score (nSPS) is 17.4. The molecule has 1 aromatic rings. The zero-order valence-electron chi connectivity index (χ0n) is 10.7. The summed E-state index contributed by atoms with van der Waals surface area (Å²) in [6.45, 7) is 0.505. The van der Waals surface area contributed by atoms with Crippen LogP contribution in [0.4, 0.5) is 0 Å². The van der Waals surface area contributed by atoms with Gasteiger partial charge in [-0.25, -0.2) is 0 Å². The maximum atomic E-state index is 12.3. The third-order valence-corrected chi connectivity index (χ3v) is 4.86. The van der Waals surface area contributed by atoms with Crippen molar-refractivity contribution in [1.82, 2.24) is 5.32 Å². The highest BCUT2D eigenvalue weighted by Crippen LogP contribution is 2.28. The van der Waals surface area contributed by atoms with Gasteiger partial charge in [-0.3, -0.25) is 4.79 Å². The Morgan fingerprint density at radius 2 is 2.05 bits per heavy atom. The molecule has 1 aliphatic carbocycles. The van der Waals surface area contributed by atoms with Crippen LogP contribution in [0.15, 0.2) is 27.1 Å². The molecular formula is C14H18Br2N2O. The highest BCUT2D eigenvalue weighted by Gasteiger charge is 2.26. The Morgan fingerprint density at radius 1 is 1.37 bits per heavy atom. The number of carbonyl (C=O) groups excluding carboxylic acids is 1. The first-order chi connectivity index (χ1) is 9.11. The molecule has 3 nitrogen and oxygen atoms in total. The highest BCUT2D eigenvalue weighted by molar-refractivity contribution is 9.11. The number of rotatable bonds is 4.